The Labute approximate surface area is 235 Å². The van der Waals surface area contributed by atoms with Crippen molar-refractivity contribution < 1.29 is 19.2 Å². The van der Waals surface area contributed by atoms with E-state index >= 15 is 0 Å². The number of nitrogens with one attached hydrogen (secondary N) is 2. The highest BCUT2D eigenvalue weighted by Crippen LogP contribution is 2.34. The predicted molar refractivity (Wildman–Crippen MR) is 157 cm³/mol. The first-order chi connectivity index (χ1) is 19.5. The smallest absolute Gasteiger partial charge is 0.272 e. The molecule has 4 aromatic rings. The molecule has 1 aliphatic rings. The highest BCUT2D eigenvalue weighted by molar-refractivity contribution is 8.00. The van der Waals surface area contributed by atoms with Crippen LogP contribution in [0.3, 0.4) is 0 Å². The normalized spacial score (nSPS) is 15.2. The van der Waals surface area contributed by atoms with E-state index in [-0.39, 0.29) is 23.9 Å². The molecule has 0 bridgehead atoms. The van der Waals surface area contributed by atoms with Gasteiger partial charge < -0.3 is 10.6 Å². The molecule has 198 valence electrons. The van der Waals surface area contributed by atoms with Crippen molar-refractivity contribution in [1.82, 2.24) is 5.32 Å². The second kappa shape index (κ2) is 12.3. The summed E-state index contributed by atoms with van der Waals surface area (Å²) in [4.78, 5) is 53.5. The van der Waals surface area contributed by atoms with Crippen molar-refractivity contribution in [2.75, 3.05) is 10.2 Å². The van der Waals surface area contributed by atoms with Crippen LogP contribution in [0, 0.1) is 0 Å². The Morgan fingerprint density at radius 3 is 2.02 bits per heavy atom. The highest BCUT2D eigenvalue weighted by Gasteiger charge is 2.40. The molecule has 8 heteroatoms. The first kappa shape index (κ1) is 26.6. The van der Waals surface area contributed by atoms with Gasteiger partial charge in [-0.25, -0.2) is 4.90 Å². The molecule has 1 heterocycles. The van der Waals surface area contributed by atoms with Gasteiger partial charge in [0, 0.05) is 22.6 Å². The molecule has 1 unspecified atom stereocenters. The molecular weight excluding hydrogens is 522 g/mol. The van der Waals surface area contributed by atoms with Gasteiger partial charge in [-0.05, 0) is 60.2 Å². The Morgan fingerprint density at radius 2 is 1.38 bits per heavy atom. The summed E-state index contributed by atoms with van der Waals surface area (Å²) < 4.78 is 0. The average molecular weight is 548 g/mol. The maximum atomic E-state index is 13.2. The molecule has 2 N–H and O–H groups in total. The molecule has 4 aromatic carbocycles. The number of rotatable bonds is 8. The van der Waals surface area contributed by atoms with Crippen LogP contribution in [0.5, 0.6) is 0 Å². The SMILES string of the molecule is O=C(Nc1ccc(SC2CC(=O)N(c3ccccc3)C2=O)cc1)/C(=C/c1ccccc1)NC(=O)c1ccccc1. The fraction of sp³-hybridized carbons (Fsp3) is 0.0625. The Morgan fingerprint density at radius 1 is 0.775 bits per heavy atom. The number of carbonyl (C=O) groups is 4. The summed E-state index contributed by atoms with van der Waals surface area (Å²) >= 11 is 1.31. The quantitative estimate of drug-likeness (QED) is 0.224. The number of thioether (sulfide) groups is 1. The number of imide groups is 1. The van der Waals surface area contributed by atoms with Gasteiger partial charge in [0.1, 0.15) is 5.70 Å². The third-order valence-electron chi connectivity index (χ3n) is 6.15. The van der Waals surface area contributed by atoms with Gasteiger partial charge in [-0.15, -0.1) is 11.8 Å². The van der Waals surface area contributed by atoms with Crippen LogP contribution in [0.1, 0.15) is 22.3 Å². The van der Waals surface area contributed by atoms with Crippen LogP contribution in [0.2, 0.25) is 0 Å². The van der Waals surface area contributed by atoms with Gasteiger partial charge in [-0.2, -0.15) is 0 Å². The summed E-state index contributed by atoms with van der Waals surface area (Å²) in [6, 6.07) is 33.8. The number of para-hydroxylation sites is 1. The molecule has 1 fully saturated rings. The van der Waals surface area contributed by atoms with Crippen LogP contribution in [-0.2, 0) is 14.4 Å². The third kappa shape index (κ3) is 6.36. The number of benzene rings is 4. The maximum Gasteiger partial charge on any atom is 0.272 e. The van der Waals surface area contributed by atoms with E-state index in [1.54, 1.807) is 78.9 Å². The van der Waals surface area contributed by atoms with Gasteiger partial charge in [-0.3, -0.25) is 19.2 Å². The zero-order valence-electron chi connectivity index (χ0n) is 21.3. The summed E-state index contributed by atoms with van der Waals surface area (Å²) in [7, 11) is 0. The molecular formula is C32H25N3O4S. The fourth-order valence-corrected chi connectivity index (χ4v) is 5.24. The summed E-state index contributed by atoms with van der Waals surface area (Å²) in [5, 5.41) is 5.02. The van der Waals surface area contributed by atoms with Gasteiger partial charge in [-0.1, -0.05) is 66.7 Å². The van der Waals surface area contributed by atoms with Crippen LogP contribution in [-0.4, -0.2) is 28.9 Å². The molecule has 5 rings (SSSR count). The van der Waals surface area contributed by atoms with E-state index in [4.69, 9.17) is 0 Å². The lowest BCUT2D eigenvalue weighted by Gasteiger charge is -2.15. The van der Waals surface area contributed by atoms with Crippen molar-refractivity contribution in [3.8, 4) is 0 Å². The average Bonchev–Trinajstić information content (AvgIpc) is 3.27. The molecule has 0 radical (unpaired) electrons. The summed E-state index contributed by atoms with van der Waals surface area (Å²) in [6.07, 6.45) is 1.73. The number of hydrogen-bond acceptors (Lipinski definition) is 5. The molecule has 0 spiro atoms. The Hall–Kier alpha value is -4.95. The maximum absolute atomic E-state index is 13.2. The molecule has 7 nitrogen and oxygen atoms in total. The van der Waals surface area contributed by atoms with Crippen LogP contribution in [0.4, 0.5) is 11.4 Å². The van der Waals surface area contributed by atoms with E-state index in [9.17, 15) is 19.2 Å². The van der Waals surface area contributed by atoms with E-state index in [2.05, 4.69) is 10.6 Å². The molecule has 1 saturated heterocycles. The predicted octanol–water partition coefficient (Wildman–Crippen LogP) is 5.52. The minimum absolute atomic E-state index is 0.0922. The minimum atomic E-state index is -0.526. The van der Waals surface area contributed by atoms with Gasteiger partial charge in [0.15, 0.2) is 0 Å². The van der Waals surface area contributed by atoms with Crippen molar-refractivity contribution in [3.63, 3.8) is 0 Å². The van der Waals surface area contributed by atoms with Gasteiger partial charge in [0.25, 0.3) is 11.8 Å². The number of carbonyl (C=O) groups excluding carboxylic acids is 4. The first-order valence-corrected chi connectivity index (χ1v) is 13.5. The molecule has 40 heavy (non-hydrogen) atoms. The standard InChI is InChI=1S/C32H25N3O4S/c36-29-21-28(32(39)35(29)25-14-8-3-9-15-25)40-26-18-16-24(17-19-26)33-31(38)27(20-22-10-4-1-5-11-22)34-30(37)23-12-6-2-7-13-23/h1-20,28H,21H2,(H,33,38)(H,34,37)/b27-20-. The lowest BCUT2D eigenvalue weighted by molar-refractivity contribution is -0.121. The lowest BCUT2D eigenvalue weighted by atomic mass is 10.1. The van der Waals surface area contributed by atoms with Crippen LogP contribution in [0.15, 0.2) is 126 Å². The Balaban J connectivity index is 1.27. The number of hydrogen-bond donors (Lipinski definition) is 2. The molecule has 1 atom stereocenters. The second-order valence-corrected chi connectivity index (χ2v) is 10.3. The van der Waals surface area contributed by atoms with E-state index < -0.39 is 17.1 Å². The second-order valence-electron chi connectivity index (χ2n) is 8.98. The number of amides is 4. The third-order valence-corrected chi connectivity index (χ3v) is 7.35. The van der Waals surface area contributed by atoms with Crippen LogP contribution < -0.4 is 15.5 Å². The van der Waals surface area contributed by atoms with E-state index in [1.165, 1.54) is 16.7 Å². The molecule has 4 amide bonds. The molecule has 0 saturated carbocycles. The summed E-state index contributed by atoms with van der Waals surface area (Å²) in [5.41, 5.74) is 2.36. The minimum Gasteiger partial charge on any atom is -0.321 e. The van der Waals surface area contributed by atoms with Crippen LogP contribution >= 0.6 is 11.8 Å². The summed E-state index contributed by atoms with van der Waals surface area (Å²) in [5.74, 6) is -1.36. The summed E-state index contributed by atoms with van der Waals surface area (Å²) in [6.45, 7) is 0. The topological polar surface area (TPSA) is 95.6 Å². The monoisotopic (exact) mass is 547 g/mol. The lowest BCUT2D eigenvalue weighted by Crippen LogP contribution is -2.31. The van der Waals surface area contributed by atoms with Gasteiger partial charge >= 0.3 is 0 Å². The van der Waals surface area contributed by atoms with E-state index in [0.29, 0.717) is 16.9 Å². The van der Waals surface area contributed by atoms with Crippen molar-refractivity contribution in [1.29, 1.82) is 0 Å². The van der Waals surface area contributed by atoms with Crippen molar-refractivity contribution in [2.24, 2.45) is 0 Å². The number of anilines is 2. The van der Waals surface area contributed by atoms with Crippen molar-refractivity contribution >= 4 is 52.8 Å². The highest BCUT2D eigenvalue weighted by atomic mass is 32.2. The Kier molecular flexibility index (Phi) is 8.18. The first-order valence-electron chi connectivity index (χ1n) is 12.6. The van der Waals surface area contributed by atoms with Gasteiger partial charge in [0.2, 0.25) is 11.8 Å². The molecule has 0 aromatic heterocycles. The fourth-order valence-electron chi connectivity index (χ4n) is 4.18. The van der Waals surface area contributed by atoms with Crippen LogP contribution in [0.25, 0.3) is 6.08 Å². The van der Waals surface area contributed by atoms with Crippen molar-refractivity contribution in [3.05, 3.63) is 132 Å². The van der Waals surface area contributed by atoms with E-state index in [1.807, 2.05) is 42.5 Å². The zero-order chi connectivity index (χ0) is 27.9. The molecule has 0 aliphatic carbocycles. The van der Waals surface area contributed by atoms with Crippen molar-refractivity contribution in [2.45, 2.75) is 16.6 Å². The zero-order valence-corrected chi connectivity index (χ0v) is 22.1. The van der Waals surface area contributed by atoms with E-state index in [0.717, 1.165) is 10.5 Å². The molecule has 1 aliphatic heterocycles. The largest absolute Gasteiger partial charge is 0.321 e. The number of nitrogens with zero attached hydrogens (tertiary/aromatic N) is 1. The Bertz CT molecular complexity index is 1560. The van der Waals surface area contributed by atoms with Gasteiger partial charge in [0.05, 0.1) is 10.9 Å².